The molecule has 24 heavy (non-hydrogen) atoms. The Balaban J connectivity index is 1.50. The van der Waals surface area contributed by atoms with E-state index in [2.05, 4.69) is 4.98 Å². The minimum atomic E-state index is -0.362. The number of nitrogens with zero attached hydrogens (tertiary/aromatic N) is 2. The zero-order valence-corrected chi connectivity index (χ0v) is 14.5. The third-order valence-corrected chi connectivity index (χ3v) is 6.40. The first-order valence-electron chi connectivity index (χ1n) is 8.67. The molecule has 1 spiro atoms. The predicted molar refractivity (Wildman–Crippen MR) is 94.8 cm³/mol. The van der Waals surface area contributed by atoms with Crippen LogP contribution in [0.2, 0.25) is 0 Å². The second kappa shape index (κ2) is 6.30. The molecule has 1 N–H and O–H groups in total. The molecular formula is C19H22N2O2S. The van der Waals surface area contributed by atoms with Gasteiger partial charge in [0.1, 0.15) is 5.01 Å². The molecule has 1 aromatic carbocycles. The lowest BCUT2D eigenvalue weighted by molar-refractivity contribution is -0.136. The molecule has 4 nitrogen and oxygen atoms in total. The minimum Gasteiger partial charge on any atom is -0.391 e. The fraction of sp³-hybridized carbons (Fsp3) is 0.474. The van der Waals surface area contributed by atoms with Crippen LogP contribution in [0.5, 0.6) is 0 Å². The maximum Gasteiger partial charge on any atom is 0.229 e. The monoisotopic (exact) mass is 342 g/mol. The molecule has 0 radical (unpaired) electrons. The molecular weight excluding hydrogens is 320 g/mol. The number of rotatable bonds is 3. The van der Waals surface area contributed by atoms with Gasteiger partial charge in [-0.2, -0.15) is 0 Å². The van der Waals surface area contributed by atoms with Crippen LogP contribution in [0, 0.1) is 0 Å². The number of hydrogen-bond donors (Lipinski definition) is 1. The van der Waals surface area contributed by atoms with Gasteiger partial charge in [-0.15, -0.1) is 11.3 Å². The summed E-state index contributed by atoms with van der Waals surface area (Å²) in [5.41, 5.74) is 1.62. The van der Waals surface area contributed by atoms with E-state index in [1.807, 2.05) is 40.6 Å². The normalized spacial score (nSPS) is 22.4. The van der Waals surface area contributed by atoms with Crippen LogP contribution in [0.3, 0.4) is 0 Å². The summed E-state index contributed by atoms with van der Waals surface area (Å²) in [5, 5.41) is 13.3. The molecule has 2 fully saturated rings. The first kappa shape index (κ1) is 15.8. The first-order chi connectivity index (χ1) is 11.7. The minimum absolute atomic E-state index is 0.110. The van der Waals surface area contributed by atoms with Crippen molar-refractivity contribution in [3.63, 3.8) is 0 Å². The van der Waals surface area contributed by atoms with Gasteiger partial charge in [-0.25, -0.2) is 4.98 Å². The summed E-state index contributed by atoms with van der Waals surface area (Å²) in [6.45, 7) is 0.676. The van der Waals surface area contributed by atoms with E-state index in [4.69, 9.17) is 0 Å². The molecule has 1 aliphatic carbocycles. The van der Waals surface area contributed by atoms with Crippen molar-refractivity contribution in [3.8, 4) is 10.6 Å². The van der Waals surface area contributed by atoms with Crippen LogP contribution in [0.1, 0.15) is 37.8 Å². The summed E-state index contributed by atoms with van der Waals surface area (Å²) < 4.78 is 0. The quantitative estimate of drug-likeness (QED) is 0.931. The lowest BCUT2D eigenvalue weighted by Crippen LogP contribution is -2.51. The van der Waals surface area contributed by atoms with Crippen molar-refractivity contribution in [1.82, 2.24) is 9.88 Å². The Hall–Kier alpha value is -1.72. The average Bonchev–Trinajstić information content (AvgIpc) is 3.32. The highest BCUT2D eigenvalue weighted by atomic mass is 32.1. The van der Waals surface area contributed by atoms with Gasteiger partial charge in [-0.1, -0.05) is 43.2 Å². The molecule has 0 unspecified atom stereocenters. The molecule has 126 valence electrons. The molecule has 1 amide bonds. The van der Waals surface area contributed by atoms with Gasteiger partial charge in [0.15, 0.2) is 0 Å². The fourth-order valence-corrected chi connectivity index (χ4v) is 5.06. The molecule has 1 saturated carbocycles. The number of benzene rings is 1. The molecule has 4 rings (SSSR count). The van der Waals surface area contributed by atoms with Crippen molar-refractivity contribution in [1.29, 1.82) is 0 Å². The highest BCUT2D eigenvalue weighted by molar-refractivity contribution is 7.13. The molecule has 1 atom stereocenters. The summed E-state index contributed by atoms with van der Waals surface area (Å²) in [4.78, 5) is 19.4. The van der Waals surface area contributed by atoms with Crippen LogP contribution in [-0.4, -0.2) is 39.1 Å². The Labute approximate surface area is 146 Å². The molecule has 1 aliphatic heterocycles. The van der Waals surface area contributed by atoms with E-state index in [1.165, 1.54) is 0 Å². The van der Waals surface area contributed by atoms with E-state index in [0.717, 1.165) is 41.9 Å². The molecule has 2 heterocycles. The number of carbonyl (C=O) groups is 1. The van der Waals surface area contributed by atoms with Gasteiger partial charge in [-0.05, 0) is 19.3 Å². The maximum atomic E-state index is 12.8. The smallest absolute Gasteiger partial charge is 0.229 e. The molecule has 0 bridgehead atoms. The van der Waals surface area contributed by atoms with Crippen molar-refractivity contribution in [2.24, 2.45) is 0 Å². The Kier molecular flexibility index (Phi) is 4.14. The lowest BCUT2D eigenvalue weighted by atomic mass is 9.91. The van der Waals surface area contributed by atoms with Gasteiger partial charge in [0.05, 0.1) is 23.8 Å². The van der Waals surface area contributed by atoms with E-state index in [9.17, 15) is 9.90 Å². The Morgan fingerprint density at radius 3 is 2.79 bits per heavy atom. The summed E-state index contributed by atoms with van der Waals surface area (Å²) >= 11 is 1.58. The zero-order chi connectivity index (χ0) is 16.6. The van der Waals surface area contributed by atoms with E-state index < -0.39 is 0 Å². The number of aromatic nitrogens is 1. The molecule has 1 aromatic heterocycles. The third-order valence-electron chi connectivity index (χ3n) is 5.46. The molecule has 2 aromatic rings. The fourth-order valence-electron chi connectivity index (χ4n) is 4.24. The van der Waals surface area contributed by atoms with Crippen LogP contribution in [0.15, 0.2) is 35.7 Å². The topological polar surface area (TPSA) is 53.4 Å². The van der Waals surface area contributed by atoms with E-state index >= 15 is 0 Å². The summed E-state index contributed by atoms with van der Waals surface area (Å²) in [7, 11) is 0. The number of carbonyl (C=O) groups excluding carboxylic acids is 1. The van der Waals surface area contributed by atoms with Gasteiger partial charge in [0.25, 0.3) is 0 Å². The van der Waals surface area contributed by atoms with E-state index in [1.54, 1.807) is 11.3 Å². The number of aliphatic hydroxyl groups excluding tert-OH is 1. The van der Waals surface area contributed by atoms with E-state index in [0.29, 0.717) is 19.4 Å². The van der Waals surface area contributed by atoms with Gasteiger partial charge < -0.3 is 10.0 Å². The van der Waals surface area contributed by atoms with Crippen LogP contribution >= 0.6 is 11.3 Å². The standard InChI is InChI=1S/C19H22N2O2S/c22-16-8-11-21(19(16)9-4-5-10-19)17(23)12-15-13-24-18(20-15)14-6-2-1-3-7-14/h1-3,6-7,13,16,22H,4-5,8-12H2/t16-/m1/s1. The third kappa shape index (κ3) is 2.66. The molecule has 2 aliphatic rings. The highest BCUT2D eigenvalue weighted by Gasteiger charge is 2.51. The summed E-state index contributed by atoms with van der Waals surface area (Å²) in [6.07, 6.45) is 4.76. The zero-order valence-electron chi connectivity index (χ0n) is 13.6. The Morgan fingerprint density at radius 1 is 1.29 bits per heavy atom. The number of hydrogen-bond acceptors (Lipinski definition) is 4. The second-order valence-electron chi connectivity index (χ2n) is 6.85. The van der Waals surface area contributed by atoms with Gasteiger partial charge >= 0.3 is 0 Å². The van der Waals surface area contributed by atoms with E-state index in [-0.39, 0.29) is 17.6 Å². The van der Waals surface area contributed by atoms with Gasteiger partial charge in [0.2, 0.25) is 5.91 Å². The van der Waals surface area contributed by atoms with Crippen LogP contribution in [0.25, 0.3) is 10.6 Å². The van der Waals surface area contributed by atoms with Crippen molar-refractivity contribution < 1.29 is 9.90 Å². The second-order valence-corrected chi connectivity index (χ2v) is 7.71. The Morgan fingerprint density at radius 2 is 2.04 bits per heavy atom. The van der Waals surface area contributed by atoms with Crippen LogP contribution in [-0.2, 0) is 11.2 Å². The summed E-state index contributed by atoms with van der Waals surface area (Å²) in [5.74, 6) is 0.110. The van der Waals surface area contributed by atoms with Crippen molar-refractivity contribution in [2.45, 2.75) is 50.2 Å². The first-order valence-corrected chi connectivity index (χ1v) is 9.55. The predicted octanol–water partition coefficient (Wildman–Crippen LogP) is 3.26. The maximum absolute atomic E-state index is 12.8. The number of thiazole rings is 1. The average molecular weight is 342 g/mol. The van der Waals surface area contributed by atoms with Crippen molar-refractivity contribution in [3.05, 3.63) is 41.4 Å². The number of aliphatic hydroxyl groups is 1. The highest BCUT2D eigenvalue weighted by Crippen LogP contribution is 2.43. The lowest BCUT2D eigenvalue weighted by Gasteiger charge is -2.37. The van der Waals surface area contributed by atoms with Crippen LogP contribution < -0.4 is 0 Å². The van der Waals surface area contributed by atoms with Crippen molar-refractivity contribution in [2.75, 3.05) is 6.54 Å². The Bertz CT molecular complexity index is 722. The summed E-state index contributed by atoms with van der Waals surface area (Å²) in [6, 6.07) is 10.1. The number of likely N-dealkylation sites (tertiary alicyclic amines) is 1. The van der Waals surface area contributed by atoms with Gasteiger partial charge in [0, 0.05) is 17.5 Å². The van der Waals surface area contributed by atoms with Gasteiger partial charge in [-0.3, -0.25) is 4.79 Å². The largest absolute Gasteiger partial charge is 0.391 e. The van der Waals surface area contributed by atoms with Crippen molar-refractivity contribution >= 4 is 17.2 Å². The molecule has 5 heteroatoms. The number of amides is 1. The van der Waals surface area contributed by atoms with Crippen LogP contribution in [0.4, 0.5) is 0 Å². The SMILES string of the molecule is O=C(Cc1csc(-c2ccccc2)n1)N1CC[C@@H](O)C12CCCC2. The molecule has 1 saturated heterocycles.